The summed E-state index contributed by atoms with van der Waals surface area (Å²) in [4.78, 5) is 19.1. The Morgan fingerprint density at radius 1 is 1.10 bits per heavy atom. The zero-order valence-corrected chi connectivity index (χ0v) is 16.8. The van der Waals surface area contributed by atoms with Crippen LogP contribution in [-0.4, -0.2) is 34.2 Å². The van der Waals surface area contributed by atoms with E-state index < -0.39 is 0 Å². The third kappa shape index (κ3) is 4.42. The Labute approximate surface area is 171 Å². The van der Waals surface area contributed by atoms with E-state index in [-0.39, 0.29) is 11.8 Å². The highest BCUT2D eigenvalue weighted by molar-refractivity contribution is 5.93. The minimum Gasteiger partial charge on any atom is -0.354 e. The molecule has 0 bridgehead atoms. The highest BCUT2D eigenvalue weighted by Gasteiger charge is 2.27. The zero-order valence-electron chi connectivity index (χ0n) is 16.8. The van der Waals surface area contributed by atoms with Crippen molar-refractivity contribution in [1.29, 1.82) is 0 Å². The van der Waals surface area contributed by atoms with E-state index in [0.717, 1.165) is 42.1 Å². The maximum absolute atomic E-state index is 12.8. The molecule has 1 saturated heterocycles. The molecule has 6 nitrogen and oxygen atoms in total. The monoisotopic (exact) mass is 387 g/mol. The van der Waals surface area contributed by atoms with Crippen LogP contribution in [0.5, 0.6) is 0 Å². The van der Waals surface area contributed by atoms with Crippen molar-refractivity contribution >= 4 is 17.4 Å². The van der Waals surface area contributed by atoms with Crippen molar-refractivity contribution < 1.29 is 4.79 Å². The van der Waals surface area contributed by atoms with E-state index in [9.17, 15) is 4.79 Å². The van der Waals surface area contributed by atoms with Crippen LogP contribution in [-0.2, 0) is 4.79 Å². The lowest BCUT2D eigenvalue weighted by Crippen LogP contribution is -2.41. The average Bonchev–Trinajstić information content (AvgIpc) is 2.77. The van der Waals surface area contributed by atoms with Crippen LogP contribution in [0, 0.1) is 19.8 Å². The van der Waals surface area contributed by atoms with Crippen LogP contribution < -0.4 is 10.2 Å². The van der Waals surface area contributed by atoms with Crippen molar-refractivity contribution in [2.75, 3.05) is 23.3 Å². The van der Waals surface area contributed by atoms with Crippen molar-refractivity contribution in [3.8, 4) is 11.3 Å². The summed E-state index contributed by atoms with van der Waals surface area (Å²) in [6.45, 7) is 5.66. The highest BCUT2D eigenvalue weighted by Crippen LogP contribution is 2.24. The third-order valence-corrected chi connectivity index (χ3v) is 5.50. The summed E-state index contributed by atoms with van der Waals surface area (Å²) >= 11 is 0. The van der Waals surface area contributed by atoms with Gasteiger partial charge in [-0.1, -0.05) is 6.07 Å². The van der Waals surface area contributed by atoms with Crippen LogP contribution in [0.1, 0.15) is 24.0 Å². The van der Waals surface area contributed by atoms with Gasteiger partial charge in [0.15, 0.2) is 5.82 Å². The number of anilines is 2. The quantitative estimate of drug-likeness (QED) is 0.732. The molecule has 6 heteroatoms. The van der Waals surface area contributed by atoms with Gasteiger partial charge in [0.2, 0.25) is 5.91 Å². The molecule has 1 aromatic carbocycles. The molecular formula is C23H25N5O. The number of rotatable bonds is 4. The molecule has 0 aliphatic carbocycles. The molecular weight excluding hydrogens is 362 g/mol. The zero-order chi connectivity index (χ0) is 20.2. The lowest BCUT2D eigenvalue weighted by atomic mass is 9.97. The lowest BCUT2D eigenvalue weighted by Gasteiger charge is -2.32. The molecule has 4 rings (SSSR count). The van der Waals surface area contributed by atoms with Gasteiger partial charge in [0.25, 0.3) is 0 Å². The summed E-state index contributed by atoms with van der Waals surface area (Å²) < 4.78 is 0. The van der Waals surface area contributed by atoms with Gasteiger partial charge in [0.1, 0.15) is 0 Å². The molecule has 0 radical (unpaired) electrons. The predicted octanol–water partition coefficient (Wildman–Crippen LogP) is 4.01. The predicted molar refractivity (Wildman–Crippen MR) is 115 cm³/mol. The van der Waals surface area contributed by atoms with Crippen molar-refractivity contribution in [1.82, 2.24) is 15.2 Å². The Bertz CT molecular complexity index is 988. The molecule has 3 aromatic rings. The number of aryl methyl sites for hydroxylation is 2. The van der Waals surface area contributed by atoms with E-state index in [1.165, 1.54) is 11.1 Å². The van der Waals surface area contributed by atoms with Gasteiger partial charge in [-0.3, -0.25) is 9.78 Å². The molecule has 1 N–H and O–H groups in total. The van der Waals surface area contributed by atoms with E-state index in [2.05, 4.69) is 39.2 Å². The summed E-state index contributed by atoms with van der Waals surface area (Å²) in [6, 6.07) is 13.8. The molecule has 0 spiro atoms. The Morgan fingerprint density at radius 3 is 2.72 bits per heavy atom. The van der Waals surface area contributed by atoms with E-state index in [0.29, 0.717) is 6.54 Å². The molecule has 1 amide bonds. The number of hydrogen-bond donors (Lipinski definition) is 1. The second kappa shape index (κ2) is 8.39. The maximum atomic E-state index is 12.8. The summed E-state index contributed by atoms with van der Waals surface area (Å²) in [5, 5.41) is 11.8. The Hall–Kier alpha value is -3.28. The average molecular weight is 387 g/mol. The number of amides is 1. The summed E-state index contributed by atoms with van der Waals surface area (Å²) in [5.74, 6) is 0.810. The number of aromatic nitrogens is 3. The fourth-order valence-electron chi connectivity index (χ4n) is 3.62. The molecule has 3 heterocycles. The first-order valence-corrected chi connectivity index (χ1v) is 9.97. The summed E-state index contributed by atoms with van der Waals surface area (Å²) in [7, 11) is 0. The number of carbonyl (C=O) groups is 1. The molecule has 29 heavy (non-hydrogen) atoms. The van der Waals surface area contributed by atoms with Gasteiger partial charge in [-0.05, 0) is 74.2 Å². The Balaban J connectivity index is 1.42. The summed E-state index contributed by atoms with van der Waals surface area (Å²) in [5.41, 5.74) is 4.99. The van der Waals surface area contributed by atoms with Gasteiger partial charge in [-0.25, -0.2) is 0 Å². The maximum Gasteiger partial charge on any atom is 0.229 e. The Kier molecular flexibility index (Phi) is 5.51. The fraction of sp³-hybridized carbons (Fsp3) is 0.304. The molecule has 1 aliphatic rings. The molecule has 1 fully saturated rings. The molecule has 148 valence electrons. The smallest absolute Gasteiger partial charge is 0.229 e. The normalized spacial score (nSPS) is 16.5. The van der Waals surface area contributed by atoms with Crippen molar-refractivity contribution in [3.05, 3.63) is 66.0 Å². The van der Waals surface area contributed by atoms with Gasteiger partial charge in [0, 0.05) is 36.7 Å². The van der Waals surface area contributed by atoms with E-state index in [4.69, 9.17) is 0 Å². The lowest BCUT2D eigenvalue weighted by molar-refractivity contribution is -0.120. The van der Waals surface area contributed by atoms with Gasteiger partial charge in [0.05, 0.1) is 11.6 Å². The van der Waals surface area contributed by atoms with Crippen LogP contribution in [0.25, 0.3) is 11.3 Å². The first-order valence-electron chi connectivity index (χ1n) is 9.97. The molecule has 2 aromatic heterocycles. The van der Waals surface area contributed by atoms with Crippen molar-refractivity contribution in [2.45, 2.75) is 26.7 Å². The van der Waals surface area contributed by atoms with E-state index >= 15 is 0 Å². The Morgan fingerprint density at radius 2 is 2.00 bits per heavy atom. The number of nitrogens with one attached hydrogen (secondary N) is 1. The number of piperidine rings is 1. The second-order valence-electron chi connectivity index (χ2n) is 7.59. The molecule has 0 saturated carbocycles. The minimum absolute atomic E-state index is 0.0647. The first kappa shape index (κ1) is 19.1. The van der Waals surface area contributed by atoms with Gasteiger partial charge in [-0.2, -0.15) is 0 Å². The van der Waals surface area contributed by atoms with Gasteiger partial charge >= 0.3 is 0 Å². The van der Waals surface area contributed by atoms with Crippen LogP contribution in [0.2, 0.25) is 0 Å². The number of benzene rings is 1. The highest BCUT2D eigenvalue weighted by atomic mass is 16.1. The third-order valence-electron chi connectivity index (χ3n) is 5.50. The standard InChI is InChI=1S/C23H25N5O/c1-16-7-8-20(13-17(16)2)25-23(29)19-6-4-12-28(15-19)22-10-9-21(26-27-22)18-5-3-11-24-14-18/h3,5,7-11,13-14,19H,4,6,12,15H2,1-2H3,(H,25,29). The molecule has 1 aliphatic heterocycles. The van der Waals surface area contributed by atoms with E-state index in [1.54, 1.807) is 12.4 Å². The topological polar surface area (TPSA) is 71.0 Å². The van der Waals surface area contributed by atoms with Crippen molar-refractivity contribution in [2.24, 2.45) is 5.92 Å². The molecule has 1 atom stereocenters. The molecule has 1 unspecified atom stereocenters. The number of carbonyl (C=O) groups excluding carboxylic acids is 1. The van der Waals surface area contributed by atoms with Crippen LogP contribution in [0.15, 0.2) is 54.9 Å². The van der Waals surface area contributed by atoms with Gasteiger partial charge in [-0.15, -0.1) is 10.2 Å². The largest absolute Gasteiger partial charge is 0.354 e. The van der Waals surface area contributed by atoms with Crippen LogP contribution in [0.4, 0.5) is 11.5 Å². The number of nitrogens with zero attached hydrogens (tertiary/aromatic N) is 4. The van der Waals surface area contributed by atoms with Gasteiger partial charge < -0.3 is 10.2 Å². The number of pyridine rings is 1. The fourth-order valence-corrected chi connectivity index (χ4v) is 3.62. The van der Waals surface area contributed by atoms with Crippen LogP contribution >= 0.6 is 0 Å². The summed E-state index contributed by atoms with van der Waals surface area (Å²) in [6.07, 6.45) is 5.35. The first-order chi connectivity index (χ1) is 14.1. The SMILES string of the molecule is Cc1ccc(NC(=O)C2CCCN(c3ccc(-c4cccnc4)nn3)C2)cc1C. The number of hydrogen-bond acceptors (Lipinski definition) is 5. The van der Waals surface area contributed by atoms with E-state index in [1.807, 2.05) is 42.5 Å². The minimum atomic E-state index is -0.0647. The van der Waals surface area contributed by atoms with Crippen molar-refractivity contribution in [3.63, 3.8) is 0 Å². The second-order valence-corrected chi connectivity index (χ2v) is 7.59. The van der Waals surface area contributed by atoms with Crippen LogP contribution in [0.3, 0.4) is 0 Å².